The zero-order valence-electron chi connectivity index (χ0n) is 15.5. The van der Waals surface area contributed by atoms with Crippen LogP contribution >= 0.6 is 0 Å². The smallest absolute Gasteiger partial charge is 0.370 e. The van der Waals surface area contributed by atoms with Crippen molar-refractivity contribution in [2.24, 2.45) is 0 Å². The highest BCUT2D eigenvalue weighted by Crippen LogP contribution is 2.33. The lowest BCUT2D eigenvalue weighted by Crippen LogP contribution is -2.42. The van der Waals surface area contributed by atoms with Gasteiger partial charge in [-0.05, 0) is 36.4 Å². The lowest BCUT2D eigenvalue weighted by Gasteiger charge is -2.12. The number of hydrogen-bond donors (Lipinski definition) is 1. The van der Waals surface area contributed by atoms with E-state index >= 15 is 0 Å². The van der Waals surface area contributed by atoms with Crippen LogP contribution in [-0.4, -0.2) is 22.3 Å². The summed E-state index contributed by atoms with van der Waals surface area (Å²) in [5.74, 6) is -0.341. The molecule has 0 unspecified atom stereocenters. The zero-order valence-corrected chi connectivity index (χ0v) is 17.9. The van der Waals surface area contributed by atoms with Crippen molar-refractivity contribution in [2.45, 2.75) is 20.2 Å². The molecule has 0 spiro atoms. The Morgan fingerprint density at radius 1 is 0.710 bits per heavy atom. The van der Waals surface area contributed by atoms with Crippen LogP contribution in [0.4, 0.5) is 13.2 Å². The van der Waals surface area contributed by atoms with Crippen LogP contribution in [0.1, 0.15) is 0 Å². The second kappa shape index (κ2) is 8.91. The Kier molecular flexibility index (Phi) is 6.65. The number of benzene rings is 3. The molecule has 0 atom stereocenters. The summed E-state index contributed by atoms with van der Waals surface area (Å²) in [7, 11) is -12.1. The number of nitrogens with one attached hydrogen (secondary N) is 1. The van der Waals surface area contributed by atoms with E-state index in [-0.39, 0.29) is 5.75 Å². The summed E-state index contributed by atoms with van der Waals surface area (Å²) in [6, 6.07) is 24.3. The highest BCUT2D eigenvalue weighted by Gasteiger charge is 2.49. The highest BCUT2D eigenvalue weighted by molar-refractivity contribution is 8.03. The Morgan fingerprint density at radius 2 is 1.19 bits per heavy atom. The average Bonchev–Trinajstić information content (AvgIpc) is 2.68. The van der Waals surface area contributed by atoms with Crippen LogP contribution in [-0.2, 0) is 31.2 Å². The summed E-state index contributed by atoms with van der Waals surface area (Å²) in [6.07, 6.45) is 0. The fourth-order valence-electron chi connectivity index (χ4n) is 2.50. The highest BCUT2D eigenvalue weighted by atomic mass is 32.3. The van der Waals surface area contributed by atoms with Crippen molar-refractivity contribution in [3.8, 4) is 5.75 Å². The number of hydrogen-bond acceptors (Lipinski definition) is 5. The van der Waals surface area contributed by atoms with E-state index in [1.807, 2.05) is 60.7 Å². The first-order valence-corrected chi connectivity index (χ1v) is 12.6. The molecule has 0 radical (unpaired) electrons. The molecule has 164 valence electrons. The summed E-state index contributed by atoms with van der Waals surface area (Å²) in [5.41, 5.74) is -5.81. The van der Waals surface area contributed by atoms with Crippen LogP contribution < -0.4 is 8.31 Å². The number of rotatable bonds is 7. The van der Waals surface area contributed by atoms with Crippen LogP contribution in [0.3, 0.4) is 0 Å². The average molecular weight is 491 g/mol. The van der Waals surface area contributed by atoms with Gasteiger partial charge in [-0.1, -0.05) is 46.6 Å². The molecule has 3 rings (SSSR count). The van der Waals surface area contributed by atoms with Crippen molar-refractivity contribution in [2.75, 3.05) is 0 Å². The Balaban J connectivity index is 1.96. The lowest BCUT2D eigenvalue weighted by molar-refractivity contribution is -0.0442. The molecule has 0 aliphatic heterocycles. The van der Waals surface area contributed by atoms with Gasteiger partial charge in [0.05, 0.1) is 10.9 Å². The van der Waals surface area contributed by atoms with Gasteiger partial charge in [-0.3, -0.25) is 0 Å². The van der Waals surface area contributed by atoms with Crippen molar-refractivity contribution in [3.05, 3.63) is 84.9 Å². The monoisotopic (exact) mass is 490 g/mol. The molecule has 3 aromatic rings. The van der Waals surface area contributed by atoms with E-state index in [0.717, 1.165) is 9.79 Å². The molecule has 0 aliphatic rings. The molecule has 3 aromatic carbocycles. The Hall–Kier alpha value is -2.54. The van der Waals surface area contributed by atoms with Gasteiger partial charge in [-0.2, -0.15) is 21.6 Å². The first kappa shape index (κ1) is 23.1. The molecule has 0 aliphatic carbocycles. The van der Waals surface area contributed by atoms with Crippen molar-refractivity contribution < 1.29 is 34.2 Å². The van der Waals surface area contributed by atoms with Gasteiger partial charge in [0, 0.05) is 6.07 Å². The van der Waals surface area contributed by atoms with Crippen molar-refractivity contribution in [1.29, 1.82) is 0 Å². The summed E-state index contributed by atoms with van der Waals surface area (Å²) in [6.45, 7) is 0. The Morgan fingerprint density at radius 3 is 1.68 bits per heavy atom. The summed E-state index contributed by atoms with van der Waals surface area (Å²) in [4.78, 5) is 2.43. The summed E-state index contributed by atoms with van der Waals surface area (Å²) in [5, 5.41) is 0. The molecule has 0 saturated heterocycles. The van der Waals surface area contributed by atoms with E-state index in [9.17, 15) is 30.0 Å². The van der Waals surface area contributed by atoms with E-state index < -0.39 is 36.7 Å². The molecule has 0 saturated carbocycles. The van der Waals surface area contributed by atoms with E-state index in [1.54, 1.807) is 6.07 Å². The van der Waals surface area contributed by atoms with Gasteiger partial charge < -0.3 is 4.18 Å². The molecule has 12 heteroatoms. The predicted octanol–water partition coefficient (Wildman–Crippen LogP) is 3.84. The van der Waals surface area contributed by atoms with Crippen LogP contribution in [0.15, 0.2) is 99.6 Å². The summed E-state index contributed by atoms with van der Waals surface area (Å²) >= 11 is 0. The summed E-state index contributed by atoms with van der Waals surface area (Å²) < 4.78 is 88.5. The predicted molar refractivity (Wildman–Crippen MR) is 109 cm³/mol. The Bertz CT molecular complexity index is 1210. The Labute approximate surface area is 180 Å². The fraction of sp³-hybridized carbons (Fsp3) is 0.0526. The minimum absolute atomic E-state index is 0.341. The first-order valence-electron chi connectivity index (χ1n) is 8.47. The van der Waals surface area contributed by atoms with E-state index in [1.165, 1.54) is 18.2 Å². The van der Waals surface area contributed by atoms with Gasteiger partial charge in [0.2, 0.25) is 0 Å². The SMILES string of the molecule is O=S(=O)(NS(=O)(=O)C(F)(F)F)Oc1cccc([S+](c2ccccc2)c2ccccc2)c1. The maximum atomic E-state index is 12.5. The van der Waals surface area contributed by atoms with Crippen LogP contribution in [0.2, 0.25) is 0 Å². The van der Waals surface area contributed by atoms with Crippen LogP contribution in [0.25, 0.3) is 0 Å². The van der Waals surface area contributed by atoms with Gasteiger partial charge in [0.25, 0.3) is 0 Å². The van der Waals surface area contributed by atoms with Crippen molar-refractivity contribution in [1.82, 2.24) is 4.13 Å². The normalized spacial score (nSPS) is 12.6. The molecule has 6 nitrogen and oxygen atoms in total. The lowest BCUT2D eigenvalue weighted by atomic mass is 10.3. The zero-order chi connectivity index (χ0) is 22.7. The number of sulfonamides is 1. The van der Waals surface area contributed by atoms with Gasteiger partial charge in [-0.25, -0.2) is 8.42 Å². The van der Waals surface area contributed by atoms with E-state index in [4.69, 9.17) is 0 Å². The van der Waals surface area contributed by atoms with Gasteiger partial charge in [0.1, 0.15) is 5.75 Å². The van der Waals surface area contributed by atoms with E-state index in [2.05, 4.69) is 4.18 Å². The van der Waals surface area contributed by atoms with Crippen LogP contribution in [0, 0.1) is 0 Å². The largest absolute Gasteiger partial charge is 0.512 e. The third kappa shape index (κ3) is 5.79. The van der Waals surface area contributed by atoms with Gasteiger partial charge in [0.15, 0.2) is 14.7 Å². The molecule has 0 aromatic heterocycles. The molecule has 0 heterocycles. The molecule has 31 heavy (non-hydrogen) atoms. The minimum Gasteiger partial charge on any atom is -0.370 e. The number of alkyl halides is 3. The minimum atomic E-state index is -6.15. The first-order chi connectivity index (χ1) is 14.5. The maximum Gasteiger partial charge on any atom is 0.512 e. The quantitative estimate of drug-likeness (QED) is 0.509. The van der Waals surface area contributed by atoms with Gasteiger partial charge in [-0.15, -0.1) is 0 Å². The third-order valence-corrected chi connectivity index (χ3v) is 8.65. The molecule has 1 N–H and O–H groups in total. The van der Waals surface area contributed by atoms with Crippen LogP contribution in [0.5, 0.6) is 5.75 Å². The molecular weight excluding hydrogens is 475 g/mol. The second-order valence-corrected chi connectivity index (χ2v) is 11.2. The molecular formula is C19H15F3NO5S3+. The van der Waals surface area contributed by atoms with Gasteiger partial charge >= 0.3 is 25.8 Å². The second-order valence-electron chi connectivity index (χ2n) is 5.98. The number of halogens is 3. The molecule has 0 bridgehead atoms. The standard InChI is InChI=1S/C19H15F3NO5S3/c20-19(21,22)30(24,25)23-31(26,27)28-15-8-7-13-18(14-15)29(16-9-3-1-4-10-16)17-11-5-2-6-12-17/h1-14,23H/q+1. The van der Waals surface area contributed by atoms with Crippen molar-refractivity contribution in [3.63, 3.8) is 0 Å². The fourth-order valence-corrected chi connectivity index (χ4v) is 6.57. The maximum absolute atomic E-state index is 12.5. The van der Waals surface area contributed by atoms with Crippen molar-refractivity contribution >= 4 is 31.2 Å². The molecule has 0 amide bonds. The third-order valence-electron chi connectivity index (χ3n) is 3.72. The topological polar surface area (TPSA) is 89.5 Å². The molecule has 0 fully saturated rings. The van der Waals surface area contributed by atoms with E-state index in [0.29, 0.717) is 9.02 Å².